The van der Waals surface area contributed by atoms with Gasteiger partial charge in [-0.2, -0.15) is 0 Å². The summed E-state index contributed by atoms with van der Waals surface area (Å²) in [5.41, 5.74) is 5.74. The van der Waals surface area contributed by atoms with Gasteiger partial charge < -0.3 is 20.2 Å². The van der Waals surface area contributed by atoms with Crippen molar-refractivity contribution in [3.05, 3.63) is 36.0 Å². The van der Waals surface area contributed by atoms with E-state index in [2.05, 4.69) is 22.2 Å². The van der Waals surface area contributed by atoms with Gasteiger partial charge >= 0.3 is 0 Å². The third-order valence-electron chi connectivity index (χ3n) is 2.55. The van der Waals surface area contributed by atoms with Gasteiger partial charge in [-0.3, -0.25) is 0 Å². The molecule has 0 saturated carbocycles. The number of nitrogens with zero attached hydrogens (tertiary/aromatic N) is 2. The molecule has 0 aromatic carbocycles. The Bertz CT molecular complexity index is 513. The Morgan fingerprint density at radius 1 is 1.47 bits per heavy atom. The minimum absolute atomic E-state index is 0.177. The molecule has 0 bridgehead atoms. The first-order valence-corrected chi connectivity index (χ1v) is 6.08. The maximum atomic E-state index is 5.74. The van der Waals surface area contributed by atoms with Gasteiger partial charge in [0, 0.05) is 25.6 Å². The number of rotatable bonds is 6. The highest BCUT2D eigenvalue weighted by atomic mass is 16.5. The molecule has 2 rings (SSSR count). The van der Waals surface area contributed by atoms with E-state index >= 15 is 0 Å². The second-order valence-electron chi connectivity index (χ2n) is 4.36. The molecule has 0 spiro atoms. The van der Waals surface area contributed by atoms with Crippen LogP contribution in [-0.4, -0.2) is 23.1 Å². The van der Waals surface area contributed by atoms with Gasteiger partial charge in [0.05, 0.1) is 6.26 Å². The molecule has 0 aliphatic heterocycles. The molecule has 0 aliphatic rings. The van der Waals surface area contributed by atoms with E-state index in [0.717, 1.165) is 12.2 Å². The standard InChI is InChI=1S/C13H18N4O2/c1-9(6-10-4-3-5-19-10)15-12-7-11(14)16-13(17-12)8-18-2/h3-5,7,9H,6,8H2,1-2H3,(H3,14,15,16,17). The molecule has 2 aromatic heterocycles. The summed E-state index contributed by atoms with van der Waals surface area (Å²) in [6, 6.07) is 5.71. The zero-order valence-electron chi connectivity index (χ0n) is 11.1. The van der Waals surface area contributed by atoms with Crippen LogP contribution in [0.5, 0.6) is 0 Å². The summed E-state index contributed by atoms with van der Waals surface area (Å²) >= 11 is 0. The fourth-order valence-corrected chi connectivity index (χ4v) is 1.82. The molecule has 2 aromatic rings. The van der Waals surface area contributed by atoms with Crippen molar-refractivity contribution in [1.82, 2.24) is 9.97 Å². The number of hydrogen-bond donors (Lipinski definition) is 2. The molecule has 2 heterocycles. The van der Waals surface area contributed by atoms with Crippen LogP contribution in [0, 0.1) is 0 Å². The number of nitrogen functional groups attached to an aromatic ring is 1. The van der Waals surface area contributed by atoms with E-state index < -0.39 is 0 Å². The number of aromatic nitrogens is 2. The van der Waals surface area contributed by atoms with Crippen LogP contribution < -0.4 is 11.1 Å². The Morgan fingerprint density at radius 3 is 3.00 bits per heavy atom. The molecule has 0 radical (unpaired) electrons. The summed E-state index contributed by atoms with van der Waals surface area (Å²) in [6.45, 7) is 2.39. The smallest absolute Gasteiger partial charge is 0.158 e. The second-order valence-corrected chi connectivity index (χ2v) is 4.36. The fourth-order valence-electron chi connectivity index (χ4n) is 1.82. The van der Waals surface area contributed by atoms with Crippen LogP contribution in [0.4, 0.5) is 11.6 Å². The molecule has 6 nitrogen and oxygen atoms in total. The SMILES string of the molecule is COCc1nc(N)cc(NC(C)Cc2ccco2)n1. The van der Waals surface area contributed by atoms with Crippen molar-refractivity contribution in [3.63, 3.8) is 0 Å². The molecule has 19 heavy (non-hydrogen) atoms. The van der Waals surface area contributed by atoms with Crippen molar-refractivity contribution in [1.29, 1.82) is 0 Å². The normalized spacial score (nSPS) is 12.3. The lowest BCUT2D eigenvalue weighted by Crippen LogP contribution is -2.19. The Labute approximate surface area is 112 Å². The highest BCUT2D eigenvalue weighted by Gasteiger charge is 2.08. The topological polar surface area (TPSA) is 86.2 Å². The minimum atomic E-state index is 0.177. The Hall–Kier alpha value is -2.08. The zero-order valence-corrected chi connectivity index (χ0v) is 11.1. The number of hydrogen-bond acceptors (Lipinski definition) is 6. The number of anilines is 2. The Balaban J connectivity index is 2.01. The Morgan fingerprint density at radius 2 is 2.32 bits per heavy atom. The number of nitrogens with two attached hydrogens (primary N) is 1. The first-order valence-electron chi connectivity index (χ1n) is 6.08. The average molecular weight is 262 g/mol. The van der Waals surface area contributed by atoms with Crippen LogP contribution in [0.3, 0.4) is 0 Å². The molecule has 0 saturated heterocycles. The van der Waals surface area contributed by atoms with E-state index in [1.54, 1.807) is 19.4 Å². The van der Waals surface area contributed by atoms with Crippen molar-refractivity contribution in [2.75, 3.05) is 18.2 Å². The fraction of sp³-hybridized carbons (Fsp3) is 0.385. The lowest BCUT2D eigenvalue weighted by molar-refractivity contribution is 0.178. The van der Waals surface area contributed by atoms with E-state index in [0.29, 0.717) is 24.1 Å². The number of furan rings is 1. The molecule has 1 atom stereocenters. The lowest BCUT2D eigenvalue weighted by atomic mass is 10.2. The van der Waals surface area contributed by atoms with Gasteiger partial charge in [-0.25, -0.2) is 9.97 Å². The molecule has 102 valence electrons. The van der Waals surface area contributed by atoms with Gasteiger partial charge in [-0.1, -0.05) is 0 Å². The summed E-state index contributed by atoms with van der Waals surface area (Å²) in [7, 11) is 1.60. The van der Waals surface area contributed by atoms with Gasteiger partial charge in [0.25, 0.3) is 0 Å². The molecule has 0 fully saturated rings. The quantitative estimate of drug-likeness (QED) is 0.826. The maximum Gasteiger partial charge on any atom is 0.158 e. The van der Waals surface area contributed by atoms with E-state index in [-0.39, 0.29) is 6.04 Å². The summed E-state index contributed by atoms with van der Waals surface area (Å²) in [4.78, 5) is 8.42. The van der Waals surface area contributed by atoms with Crippen LogP contribution in [-0.2, 0) is 17.8 Å². The summed E-state index contributed by atoms with van der Waals surface area (Å²) in [5, 5.41) is 3.27. The lowest BCUT2D eigenvalue weighted by Gasteiger charge is -2.14. The largest absolute Gasteiger partial charge is 0.469 e. The van der Waals surface area contributed by atoms with Crippen LogP contribution in [0.2, 0.25) is 0 Å². The molecule has 0 amide bonds. The van der Waals surface area contributed by atoms with Crippen molar-refractivity contribution >= 4 is 11.6 Å². The minimum Gasteiger partial charge on any atom is -0.469 e. The van der Waals surface area contributed by atoms with Crippen molar-refractivity contribution in [2.24, 2.45) is 0 Å². The van der Waals surface area contributed by atoms with Crippen molar-refractivity contribution in [2.45, 2.75) is 26.0 Å². The molecule has 0 aliphatic carbocycles. The summed E-state index contributed by atoms with van der Waals surface area (Å²) in [5.74, 6) is 2.61. The molecule has 6 heteroatoms. The van der Waals surface area contributed by atoms with Crippen LogP contribution in [0.25, 0.3) is 0 Å². The highest BCUT2D eigenvalue weighted by Crippen LogP contribution is 2.12. The highest BCUT2D eigenvalue weighted by molar-refractivity contribution is 5.45. The third kappa shape index (κ3) is 3.96. The first-order chi connectivity index (χ1) is 9.17. The number of nitrogens with one attached hydrogen (secondary N) is 1. The van der Waals surface area contributed by atoms with Crippen molar-refractivity contribution < 1.29 is 9.15 Å². The van der Waals surface area contributed by atoms with Crippen LogP contribution in [0.1, 0.15) is 18.5 Å². The predicted octanol–water partition coefficient (Wildman–Crippen LogP) is 1.84. The van der Waals surface area contributed by atoms with Crippen molar-refractivity contribution in [3.8, 4) is 0 Å². The maximum absolute atomic E-state index is 5.74. The Kier molecular flexibility index (Phi) is 4.35. The monoisotopic (exact) mass is 262 g/mol. The molecule has 1 unspecified atom stereocenters. The third-order valence-corrected chi connectivity index (χ3v) is 2.55. The molecular formula is C13H18N4O2. The van der Waals surface area contributed by atoms with E-state index in [9.17, 15) is 0 Å². The van der Waals surface area contributed by atoms with Gasteiger partial charge in [0.15, 0.2) is 5.82 Å². The average Bonchev–Trinajstić information content (AvgIpc) is 2.81. The van der Waals surface area contributed by atoms with Gasteiger partial charge in [0.2, 0.25) is 0 Å². The number of ether oxygens (including phenoxy) is 1. The molecular weight excluding hydrogens is 244 g/mol. The summed E-state index contributed by atoms with van der Waals surface area (Å²) in [6.07, 6.45) is 2.44. The van der Waals surface area contributed by atoms with Gasteiger partial charge in [-0.15, -0.1) is 0 Å². The van der Waals surface area contributed by atoms with E-state index in [1.165, 1.54) is 0 Å². The number of methoxy groups -OCH3 is 1. The summed E-state index contributed by atoms with van der Waals surface area (Å²) < 4.78 is 10.3. The van der Waals surface area contributed by atoms with Gasteiger partial charge in [0.1, 0.15) is 24.0 Å². The van der Waals surface area contributed by atoms with Gasteiger partial charge in [-0.05, 0) is 19.1 Å². The van der Waals surface area contributed by atoms with E-state index in [4.69, 9.17) is 14.9 Å². The second kappa shape index (κ2) is 6.19. The first kappa shape index (κ1) is 13.4. The van der Waals surface area contributed by atoms with Crippen LogP contribution in [0.15, 0.2) is 28.9 Å². The van der Waals surface area contributed by atoms with Crippen LogP contribution >= 0.6 is 0 Å². The zero-order chi connectivity index (χ0) is 13.7. The molecule has 3 N–H and O–H groups in total. The van der Waals surface area contributed by atoms with E-state index in [1.807, 2.05) is 12.1 Å². The predicted molar refractivity (Wildman–Crippen MR) is 72.7 cm³/mol.